The van der Waals surface area contributed by atoms with Gasteiger partial charge in [-0.05, 0) is 18.1 Å². The van der Waals surface area contributed by atoms with Crippen LogP contribution >= 0.6 is 11.6 Å². The molecule has 3 heterocycles. The number of hydrogen-bond acceptors (Lipinski definition) is 2. The number of rotatable bonds is 1. The van der Waals surface area contributed by atoms with Gasteiger partial charge < -0.3 is 9.72 Å². The summed E-state index contributed by atoms with van der Waals surface area (Å²) in [4.78, 5) is 7.34. The van der Waals surface area contributed by atoms with Crippen molar-refractivity contribution in [1.82, 2.24) is 9.97 Å². The molecule has 0 radical (unpaired) electrons. The van der Waals surface area contributed by atoms with E-state index in [1.54, 1.807) is 0 Å². The number of nitrogens with zero attached hydrogens (tertiary/aromatic N) is 1. The van der Waals surface area contributed by atoms with E-state index in [1.165, 1.54) is 11.1 Å². The summed E-state index contributed by atoms with van der Waals surface area (Å²) in [5, 5.41) is 1.64. The van der Waals surface area contributed by atoms with Crippen molar-refractivity contribution in [2.24, 2.45) is 0 Å². The molecule has 0 unspecified atom stereocenters. The first-order valence-corrected chi connectivity index (χ1v) is 5.62. The van der Waals surface area contributed by atoms with E-state index in [0.717, 1.165) is 23.9 Å². The topological polar surface area (TPSA) is 37.9 Å². The average Bonchev–Trinajstić information content (AvgIpc) is 2.73. The summed E-state index contributed by atoms with van der Waals surface area (Å²) < 4.78 is 5.31. The highest BCUT2D eigenvalue weighted by Crippen LogP contribution is 2.28. The highest BCUT2D eigenvalue weighted by atomic mass is 35.5. The number of nitrogens with one attached hydrogen (secondary N) is 1. The molecular formula is C12H11ClN2O. The molecule has 0 fully saturated rings. The number of ether oxygens (including phenoxy) is 1. The zero-order valence-electron chi connectivity index (χ0n) is 8.66. The fourth-order valence-electron chi connectivity index (χ4n) is 2.03. The molecule has 2 aromatic rings. The van der Waals surface area contributed by atoms with Crippen LogP contribution in [-0.4, -0.2) is 23.2 Å². The summed E-state index contributed by atoms with van der Waals surface area (Å²) in [6.45, 7) is 1.49. The van der Waals surface area contributed by atoms with Gasteiger partial charge in [0.05, 0.1) is 18.7 Å². The van der Waals surface area contributed by atoms with E-state index in [9.17, 15) is 0 Å². The Morgan fingerprint density at radius 3 is 3.19 bits per heavy atom. The SMILES string of the molecule is Clc1cc2[nH]cc(C3=CCOCC3)c2cn1. The Bertz CT molecular complexity index is 559. The lowest BCUT2D eigenvalue weighted by atomic mass is 10.0. The predicted octanol–water partition coefficient (Wildman–Crippen LogP) is 3.02. The second-order valence-corrected chi connectivity index (χ2v) is 4.20. The minimum Gasteiger partial charge on any atom is -0.377 e. The van der Waals surface area contributed by atoms with Gasteiger partial charge in [-0.2, -0.15) is 0 Å². The largest absolute Gasteiger partial charge is 0.377 e. The van der Waals surface area contributed by atoms with E-state index in [1.807, 2.05) is 18.5 Å². The Morgan fingerprint density at radius 2 is 2.38 bits per heavy atom. The van der Waals surface area contributed by atoms with Gasteiger partial charge in [-0.1, -0.05) is 17.7 Å². The number of halogens is 1. The van der Waals surface area contributed by atoms with Gasteiger partial charge in [0.1, 0.15) is 5.15 Å². The zero-order chi connectivity index (χ0) is 11.0. The number of H-pyrrole nitrogens is 1. The van der Waals surface area contributed by atoms with Gasteiger partial charge in [0.2, 0.25) is 0 Å². The van der Waals surface area contributed by atoms with E-state index >= 15 is 0 Å². The summed E-state index contributed by atoms with van der Waals surface area (Å²) in [5.41, 5.74) is 3.56. The molecule has 1 N–H and O–H groups in total. The van der Waals surface area contributed by atoms with Crippen molar-refractivity contribution in [2.75, 3.05) is 13.2 Å². The number of hydrogen-bond donors (Lipinski definition) is 1. The number of fused-ring (bicyclic) bond motifs is 1. The molecule has 0 aromatic carbocycles. The van der Waals surface area contributed by atoms with E-state index in [4.69, 9.17) is 16.3 Å². The van der Waals surface area contributed by atoms with E-state index in [2.05, 4.69) is 16.0 Å². The zero-order valence-corrected chi connectivity index (χ0v) is 9.42. The van der Waals surface area contributed by atoms with Crippen LogP contribution in [0.1, 0.15) is 12.0 Å². The molecule has 3 rings (SSSR count). The first-order valence-electron chi connectivity index (χ1n) is 5.24. The first kappa shape index (κ1) is 9.87. The van der Waals surface area contributed by atoms with Crippen LogP contribution in [-0.2, 0) is 4.74 Å². The highest BCUT2D eigenvalue weighted by Gasteiger charge is 2.11. The van der Waals surface area contributed by atoms with Crippen LogP contribution in [0.5, 0.6) is 0 Å². The van der Waals surface area contributed by atoms with Crippen LogP contribution in [0.25, 0.3) is 16.5 Å². The van der Waals surface area contributed by atoms with Crippen molar-refractivity contribution >= 4 is 28.1 Å². The summed E-state index contributed by atoms with van der Waals surface area (Å²) >= 11 is 5.85. The lowest BCUT2D eigenvalue weighted by Crippen LogP contribution is -2.03. The van der Waals surface area contributed by atoms with Crippen LogP contribution in [0.3, 0.4) is 0 Å². The molecular weight excluding hydrogens is 224 g/mol. The van der Waals surface area contributed by atoms with Crippen molar-refractivity contribution in [3.05, 3.63) is 35.3 Å². The summed E-state index contributed by atoms with van der Waals surface area (Å²) in [7, 11) is 0. The Balaban J connectivity index is 2.13. The average molecular weight is 235 g/mol. The van der Waals surface area contributed by atoms with Crippen molar-refractivity contribution < 1.29 is 4.74 Å². The van der Waals surface area contributed by atoms with Crippen LogP contribution < -0.4 is 0 Å². The molecule has 82 valence electrons. The predicted molar refractivity (Wildman–Crippen MR) is 64.5 cm³/mol. The molecule has 0 spiro atoms. The van der Waals surface area contributed by atoms with Crippen LogP contribution in [0, 0.1) is 0 Å². The van der Waals surface area contributed by atoms with Gasteiger partial charge in [-0.25, -0.2) is 4.98 Å². The second kappa shape index (κ2) is 3.92. The molecule has 0 saturated heterocycles. The maximum absolute atomic E-state index is 5.85. The Hall–Kier alpha value is -1.32. The van der Waals surface area contributed by atoms with Crippen molar-refractivity contribution in [1.29, 1.82) is 0 Å². The minimum atomic E-state index is 0.516. The van der Waals surface area contributed by atoms with Crippen LogP contribution in [0.4, 0.5) is 0 Å². The second-order valence-electron chi connectivity index (χ2n) is 3.81. The van der Waals surface area contributed by atoms with Gasteiger partial charge in [0, 0.05) is 23.3 Å². The van der Waals surface area contributed by atoms with Crippen molar-refractivity contribution in [3.63, 3.8) is 0 Å². The monoisotopic (exact) mass is 234 g/mol. The maximum atomic E-state index is 5.85. The van der Waals surface area contributed by atoms with Crippen LogP contribution in [0.15, 0.2) is 24.5 Å². The fourth-order valence-corrected chi connectivity index (χ4v) is 2.19. The van der Waals surface area contributed by atoms with Crippen molar-refractivity contribution in [3.8, 4) is 0 Å². The van der Waals surface area contributed by atoms with Gasteiger partial charge in [0.25, 0.3) is 0 Å². The molecule has 0 saturated carbocycles. The first-order chi connectivity index (χ1) is 7.84. The van der Waals surface area contributed by atoms with Gasteiger partial charge in [0.15, 0.2) is 0 Å². The van der Waals surface area contributed by atoms with E-state index < -0.39 is 0 Å². The molecule has 2 aromatic heterocycles. The Labute approximate surface area is 98.1 Å². The number of pyridine rings is 1. The third-order valence-corrected chi connectivity index (χ3v) is 3.05. The van der Waals surface area contributed by atoms with Crippen LogP contribution in [0.2, 0.25) is 5.15 Å². The maximum Gasteiger partial charge on any atom is 0.131 e. The Kier molecular flexibility index (Phi) is 2.42. The minimum absolute atomic E-state index is 0.516. The normalized spacial score (nSPS) is 16.4. The summed E-state index contributed by atoms with van der Waals surface area (Å²) in [5.74, 6) is 0. The lowest BCUT2D eigenvalue weighted by Gasteiger charge is -2.12. The van der Waals surface area contributed by atoms with Gasteiger partial charge >= 0.3 is 0 Å². The smallest absolute Gasteiger partial charge is 0.131 e. The van der Waals surface area contributed by atoms with Gasteiger partial charge in [-0.15, -0.1) is 0 Å². The third kappa shape index (κ3) is 1.62. The standard InChI is InChI=1S/C12H11ClN2O/c13-12-5-11-10(7-15-12)9(6-14-11)8-1-3-16-4-2-8/h1,5-7,14H,2-4H2. The molecule has 0 amide bonds. The molecule has 0 bridgehead atoms. The molecule has 4 heteroatoms. The Morgan fingerprint density at radius 1 is 1.44 bits per heavy atom. The third-order valence-electron chi connectivity index (χ3n) is 2.84. The van der Waals surface area contributed by atoms with E-state index in [-0.39, 0.29) is 0 Å². The quantitative estimate of drug-likeness (QED) is 0.771. The van der Waals surface area contributed by atoms with Gasteiger partial charge in [-0.3, -0.25) is 0 Å². The molecule has 3 nitrogen and oxygen atoms in total. The number of aromatic amines is 1. The number of aromatic nitrogens is 2. The summed E-state index contributed by atoms with van der Waals surface area (Å²) in [6, 6.07) is 1.85. The van der Waals surface area contributed by atoms with Crippen molar-refractivity contribution in [2.45, 2.75) is 6.42 Å². The molecule has 1 aliphatic heterocycles. The molecule has 0 aliphatic carbocycles. The molecule has 1 aliphatic rings. The molecule has 16 heavy (non-hydrogen) atoms. The molecule has 0 atom stereocenters. The highest BCUT2D eigenvalue weighted by molar-refractivity contribution is 6.30. The summed E-state index contributed by atoms with van der Waals surface area (Å²) in [6.07, 6.45) is 6.91. The van der Waals surface area contributed by atoms with E-state index in [0.29, 0.717) is 11.8 Å². The fraction of sp³-hybridized carbons (Fsp3) is 0.250. The lowest BCUT2D eigenvalue weighted by molar-refractivity contribution is 0.161.